The first-order valence-corrected chi connectivity index (χ1v) is 13.3. The number of amides is 1. The van der Waals surface area contributed by atoms with Gasteiger partial charge in [0.05, 0.1) is 11.7 Å². The summed E-state index contributed by atoms with van der Waals surface area (Å²) in [7, 11) is 0. The molecule has 1 amide bonds. The molecular weight excluding hydrogens is 442 g/mol. The summed E-state index contributed by atoms with van der Waals surface area (Å²) in [5.74, 6) is 1.82. The van der Waals surface area contributed by atoms with Gasteiger partial charge in [0.25, 0.3) is 5.91 Å². The summed E-state index contributed by atoms with van der Waals surface area (Å²) >= 11 is 1.40. The van der Waals surface area contributed by atoms with Crippen LogP contribution in [0.25, 0.3) is 0 Å². The Morgan fingerprint density at radius 3 is 2.32 bits per heavy atom. The third-order valence-corrected chi connectivity index (χ3v) is 7.84. The Kier molecular flexibility index (Phi) is 7.56. The standard InChI is InChI=1S/C28H33N3O2S/c32-28(27-19-29-21-34-27)31-16-12-26(13-17-31)33-25-8-6-24(7-9-25)20-30-14-10-23(11-15-30)18-22-4-2-1-3-5-22/h1-9,19,21,23,26H,10-18,20H2. The number of aromatic nitrogens is 1. The highest BCUT2D eigenvalue weighted by Gasteiger charge is 2.25. The first kappa shape index (κ1) is 23.1. The molecule has 0 N–H and O–H groups in total. The fraction of sp³-hybridized carbons (Fsp3) is 0.429. The number of likely N-dealkylation sites (tertiary alicyclic amines) is 2. The highest BCUT2D eigenvalue weighted by Crippen LogP contribution is 2.25. The first-order valence-electron chi connectivity index (χ1n) is 12.4. The zero-order valence-electron chi connectivity index (χ0n) is 19.6. The molecule has 5 nitrogen and oxygen atoms in total. The van der Waals surface area contributed by atoms with Crippen LogP contribution in [0.15, 0.2) is 66.3 Å². The van der Waals surface area contributed by atoms with E-state index in [1.165, 1.54) is 54.8 Å². The minimum Gasteiger partial charge on any atom is -0.490 e. The van der Waals surface area contributed by atoms with Gasteiger partial charge in [0.15, 0.2) is 0 Å². The van der Waals surface area contributed by atoms with Crippen molar-refractivity contribution >= 4 is 17.2 Å². The minimum absolute atomic E-state index is 0.0920. The lowest BCUT2D eigenvalue weighted by molar-refractivity contribution is 0.0600. The lowest BCUT2D eigenvalue weighted by Crippen LogP contribution is -2.41. The molecule has 2 fully saturated rings. The molecule has 0 bridgehead atoms. The number of benzene rings is 2. The van der Waals surface area contributed by atoms with E-state index in [0.717, 1.165) is 49.0 Å². The Balaban J connectivity index is 1.04. The van der Waals surface area contributed by atoms with Gasteiger partial charge in [-0.25, -0.2) is 0 Å². The number of nitrogens with zero attached hydrogens (tertiary/aromatic N) is 3. The molecule has 178 valence electrons. The zero-order valence-corrected chi connectivity index (χ0v) is 20.5. The smallest absolute Gasteiger partial charge is 0.265 e. The largest absolute Gasteiger partial charge is 0.490 e. The number of rotatable bonds is 7. The SMILES string of the molecule is O=C(c1cncs1)N1CCC(Oc2ccc(CN3CCC(Cc4ccccc4)CC3)cc2)CC1. The summed E-state index contributed by atoms with van der Waals surface area (Å²) in [5.41, 5.74) is 4.52. The number of hydrogen-bond donors (Lipinski definition) is 0. The highest BCUT2D eigenvalue weighted by molar-refractivity contribution is 7.11. The molecule has 5 rings (SSSR count). The second-order valence-corrected chi connectivity index (χ2v) is 10.4. The van der Waals surface area contributed by atoms with Crippen LogP contribution in [0.5, 0.6) is 5.75 Å². The van der Waals surface area contributed by atoms with Crippen LogP contribution >= 0.6 is 11.3 Å². The second-order valence-electron chi connectivity index (χ2n) is 9.53. The van der Waals surface area contributed by atoms with Crippen molar-refractivity contribution in [1.29, 1.82) is 0 Å². The number of carbonyl (C=O) groups excluding carboxylic acids is 1. The zero-order chi connectivity index (χ0) is 23.2. The maximum absolute atomic E-state index is 12.5. The summed E-state index contributed by atoms with van der Waals surface area (Å²) in [6.45, 7) is 4.83. The van der Waals surface area contributed by atoms with E-state index in [-0.39, 0.29) is 12.0 Å². The quantitative estimate of drug-likeness (QED) is 0.466. The van der Waals surface area contributed by atoms with Crippen molar-refractivity contribution in [2.45, 2.75) is 44.8 Å². The highest BCUT2D eigenvalue weighted by atomic mass is 32.1. The van der Waals surface area contributed by atoms with Gasteiger partial charge in [0.2, 0.25) is 0 Å². The molecule has 1 aromatic heterocycles. The molecule has 2 aromatic carbocycles. The van der Waals surface area contributed by atoms with Crippen LogP contribution in [-0.4, -0.2) is 53.0 Å². The van der Waals surface area contributed by atoms with Gasteiger partial charge in [-0.2, -0.15) is 0 Å². The van der Waals surface area contributed by atoms with E-state index in [0.29, 0.717) is 0 Å². The maximum atomic E-state index is 12.5. The Labute approximate surface area is 206 Å². The van der Waals surface area contributed by atoms with E-state index in [2.05, 4.69) is 64.5 Å². The average molecular weight is 476 g/mol. The van der Waals surface area contributed by atoms with E-state index < -0.39 is 0 Å². The molecular formula is C28H33N3O2S. The molecule has 0 radical (unpaired) electrons. The maximum Gasteiger partial charge on any atom is 0.265 e. The Morgan fingerprint density at radius 1 is 0.912 bits per heavy atom. The predicted octanol–water partition coefficient (Wildman–Crippen LogP) is 5.28. The number of piperidine rings is 2. The topological polar surface area (TPSA) is 45.7 Å². The lowest BCUT2D eigenvalue weighted by Gasteiger charge is -2.32. The van der Waals surface area contributed by atoms with Crippen molar-refractivity contribution in [3.63, 3.8) is 0 Å². The fourth-order valence-corrected chi connectivity index (χ4v) is 5.66. The van der Waals surface area contributed by atoms with Gasteiger partial charge in [-0.1, -0.05) is 42.5 Å². The van der Waals surface area contributed by atoms with E-state index in [1.807, 2.05) is 4.90 Å². The molecule has 0 saturated carbocycles. The van der Waals surface area contributed by atoms with E-state index in [4.69, 9.17) is 4.74 Å². The van der Waals surface area contributed by atoms with Crippen LogP contribution in [0.3, 0.4) is 0 Å². The van der Waals surface area contributed by atoms with Crippen molar-refractivity contribution < 1.29 is 9.53 Å². The van der Waals surface area contributed by atoms with Crippen LogP contribution < -0.4 is 4.74 Å². The monoisotopic (exact) mass is 475 g/mol. The van der Waals surface area contributed by atoms with Crippen LogP contribution in [-0.2, 0) is 13.0 Å². The Hall–Kier alpha value is -2.70. The van der Waals surface area contributed by atoms with E-state index in [1.54, 1.807) is 11.7 Å². The third kappa shape index (κ3) is 6.05. The second kappa shape index (κ2) is 11.2. The van der Waals surface area contributed by atoms with E-state index >= 15 is 0 Å². The molecule has 0 aliphatic carbocycles. The molecule has 0 spiro atoms. The molecule has 3 aromatic rings. The predicted molar refractivity (Wildman–Crippen MR) is 136 cm³/mol. The van der Waals surface area contributed by atoms with Gasteiger partial charge in [-0.05, 0) is 61.5 Å². The Morgan fingerprint density at radius 2 is 1.65 bits per heavy atom. The van der Waals surface area contributed by atoms with Crippen molar-refractivity contribution in [3.8, 4) is 5.75 Å². The first-order chi connectivity index (χ1) is 16.7. The lowest BCUT2D eigenvalue weighted by atomic mass is 9.90. The van der Waals surface area contributed by atoms with Gasteiger partial charge >= 0.3 is 0 Å². The van der Waals surface area contributed by atoms with Crippen molar-refractivity contribution in [2.24, 2.45) is 5.92 Å². The molecule has 3 heterocycles. The molecule has 0 atom stereocenters. The molecule has 2 saturated heterocycles. The summed E-state index contributed by atoms with van der Waals surface area (Å²) in [5, 5.41) is 0. The van der Waals surface area contributed by atoms with Crippen LogP contribution in [0.2, 0.25) is 0 Å². The molecule has 0 unspecified atom stereocenters. The number of ether oxygens (including phenoxy) is 1. The molecule has 2 aliphatic rings. The third-order valence-electron chi connectivity index (χ3n) is 7.08. The van der Waals surface area contributed by atoms with Gasteiger partial charge < -0.3 is 9.64 Å². The van der Waals surface area contributed by atoms with Gasteiger partial charge in [0, 0.05) is 32.5 Å². The number of hydrogen-bond acceptors (Lipinski definition) is 5. The van der Waals surface area contributed by atoms with Gasteiger partial charge in [0.1, 0.15) is 16.7 Å². The average Bonchev–Trinajstić information content (AvgIpc) is 3.42. The Bertz CT molecular complexity index is 1020. The fourth-order valence-electron chi connectivity index (χ4n) is 5.07. The summed E-state index contributed by atoms with van der Waals surface area (Å²) in [6.07, 6.45) is 7.32. The molecule has 2 aliphatic heterocycles. The van der Waals surface area contributed by atoms with Crippen molar-refractivity contribution in [1.82, 2.24) is 14.8 Å². The molecule has 6 heteroatoms. The summed E-state index contributed by atoms with van der Waals surface area (Å²) in [6, 6.07) is 19.5. The number of thiazole rings is 1. The van der Waals surface area contributed by atoms with Crippen molar-refractivity contribution in [3.05, 3.63) is 82.3 Å². The summed E-state index contributed by atoms with van der Waals surface area (Å²) in [4.78, 5) is 21.7. The van der Waals surface area contributed by atoms with Gasteiger partial charge in [-0.3, -0.25) is 14.7 Å². The van der Waals surface area contributed by atoms with E-state index in [9.17, 15) is 4.79 Å². The minimum atomic E-state index is 0.0920. The number of carbonyl (C=O) groups is 1. The van der Waals surface area contributed by atoms with Crippen molar-refractivity contribution in [2.75, 3.05) is 26.2 Å². The summed E-state index contributed by atoms with van der Waals surface area (Å²) < 4.78 is 6.23. The normalized spacial score (nSPS) is 18.2. The van der Waals surface area contributed by atoms with Gasteiger partial charge in [-0.15, -0.1) is 11.3 Å². The molecule has 34 heavy (non-hydrogen) atoms. The van der Waals surface area contributed by atoms with Crippen LogP contribution in [0, 0.1) is 5.92 Å². The van der Waals surface area contributed by atoms with Crippen LogP contribution in [0.4, 0.5) is 0 Å². The van der Waals surface area contributed by atoms with Crippen LogP contribution in [0.1, 0.15) is 46.5 Å².